The molecule has 1 atom stereocenters. The van der Waals surface area contributed by atoms with Gasteiger partial charge in [-0.2, -0.15) is 0 Å². The molecule has 0 fully saturated rings. The quantitative estimate of drug-likeness (QED) is 0.832. The Kier molecular flexibility index (Phi) is 5.05. The van der Waals surface area contributed by atoms with Crippen molar-refractivity contribution in [2.24, 2.45) is 0 Å². The number of rotatable bonds is 3. The molecule has 0 saturated carbocycles. The summed E-state index contributed by atoms with van der Waals surface area (Å²) in [4.78, 5) is 27.8. The highest BCUT2D eigenvalue weighted by Crippen LogP contribution is 2.06. The van der Waals surface area contributed by atoms with E-state index < -0.39 is 6.04 Å². The molecular weight excluding hydrogens is 310 g/mol. The first-order valence-electron chi connectivity index (χ1n) is 5.94. The zero-order valence-electron chi connectivity index (χ0n) is 11.5. The molecule has 1 aromatic heterocycles. The lowest BCUT2D eigenvalue weighted by Gasteiger charge is -2.23. The Hall–Kier alpha value is -1.43. The van der Waals surface area contributed by atoms with Gasteiger partial charge in [0.15, 0.2) is 0 Å². The Morgan fingerprint density at radius 1 is 1.32 bits per heavy atom. The van der Waals surface area contributed by atoms with Crippen molar-refractivity contribution in [3.05, 3.63) is 28.5 Å². The average Bonchev–Trinajstić information content (AvgIpc) is 2.26. The molecule has 2 N–H and O–H groups in total. The molecule has 0 spiro atoms. The highest BCUT2D eigenvalue weighted by molar-refractivity contribution is 9.10. The van der Waals surface area contributed by atoms with Gasteiger partial charge in [-0.25, -0.2) is 4.98 Å². The molecule has 104 valence electrons. The lowest BCUT2D eigenvalue weighted by molar-refractivity contribution is -0.124. The number of carbonyl (C=O) groups excluding carboxylic acids is 2. The minimum absolute atomic E-state index is 0.226. The summed E-state index contributed by atoms with van der Waals surface area (Å²) in [6, 6.07) is 4.42. The molecule has 1 rings (SSSR count). The fourth-order valence-corrected chi connectivity index (χ4v) is 1.69. The molecule has 0 saturated heterocycles. The van der Waals surface area contributed by atoms with Gasteiger partial charge in [0, 0.05) is 5.54 Å². The van der Waals surface area contributed by atoms with Gasteiger partial charge in [0.25, 0.3) is 5.91 Å². The van der Waals surface area contributed by atoms with E-state index >= 15 is 0 Å². The van der Waals surface area contributed by atoms with Gasteiger partial charge < -0.3 is 10.6 Å². The zero-order valence-corrected chi connectivity index (χ0v) is 13.0. The Morgan fingerprint density at radius 2 is 1.95 bits per heavy atom. The minimum Gasteiger partial charge on any atom is -0.350 e. The Bertz CT molecular complexity index is 483. The van der Waals surface area contributed by atoms with E-state index in [1.165, 1.54) is 0 Å². The monoisotopic (exact) mass is 327 g/mol. The van der Waals surface area contributed by atoms with Crippen molar-refractivity contribution in [1.29, 1.82) is 0 Å². The molecule has 5 nitrogen and oxygen atoms in total. The SMILES string of the molecule is CC(NC(=O)c1cccc(Br)n1)C(=O)NC(C)(C)C. The fraction of sp³-hybridized carbons (Fsp3) is 0.462. The van der Waals surface area contributed by atoms with E-state index in [-0.39, 0.29) is 23.0 Å². The number of hydrogen-bond acceptors (Lipinski definition) is 3. The second-order valence-corrected chi connectivity index (χ2v) is 6.09. The summed E-state index contributed by atoms with van der Waals surface area (Å²) in [6.45, 7) is 7.29. The van der Waals surface area contributed by atoms with Crippen molar-refractivity contribution in [3.8, 4) is 0 Å². The molecule has 0 aliphatic rings. The van der Waals surface area contributed by atoms with Gasteiger partial charge in [0.2, 0.25) is 5.91 Å². The van der Waals surface area contributed by atoms with E-state index in [1.54, 1.807) is 25.1 Å². The first-order chi connectivity index (χ1) is 8.69. The maximum absolute atomic E-state index is 11.9. The molecule has 2 amide bonds. The summed E-state index contributed by atoms with van der Waals surface area (Å²) >= 11 is 3.19. The average molecular weight is 328 g/mol. The number of amides is 2. The van der Waals surface area contributed by atoms with E-state index in [0.29, 0.717) is 4.60 Å². The number of halogens is 1. The maximum atomic E-state index is 11.9. The van der Waals surface area contributed by atoms with Crippen LogP contribution in [0.1, 0.15) is 38.2 Å². The predicted octanol–water partition coefficient (Wildman–Crippen LogP) is 1.88. The van der Waals surface area contributed by atoms with Crippen LogP contribution < -0.4 is 10.6 Å². The van der Waals surface area contributed by atoms with E-state index in [0.717, 1.165) is 0 Å². The van der Waals surface area contributed by atoms with Crippen molar-refractivity contribution in [2.75, 3.05) is 0 Å². The van der Waals surface area contributed by atoms with Crippen LogP contribution in [0, 0.1) is 0 Å². The Morgan fingerprint density at radius 3 is 2.47 bits per heavy atom. The van der Waals surface area contributed by atoms with Gasteiger partial charge in [-0.3, -0.25) is 9.59 Å². The van der Waals surface area contributed by atoms with Crippen LogP contribution >= 0.6 is 15.9 Å². The van der Waals surface area contributed by atoms with Crippen LogP contribution in [0.5, 0.6) is 0 Å². The van der Waals surface area contributed by atoms with Crippen molar-refractivity contribution < 1.29 is 9.59 Å². The first-order valence-corrected chi connectivity index (χ1v) is 6.74. The third-order valence-corrected chi connectivity index (χ3v) is 2.63. The van der Waals surface area contributed by atoms with E-state index in [2.05, 4.69) is 31.5 Å². The van der Waals surface area contributed by atoms with E-state index in [4.69, 9.17) is 0 Å². The molecule has 0 aliphatic heterocycles. The van der Waals surface area contributed by atoms with Gasteiger partial charge in [-0.15, -0.1) is 0 Å². The summed E-state index contributed by atoms with van der Waals surface area (Å²) in [5.74, 6) is -0.603. The minimum atomic E-state index is -0.618. The lowest BCUT2D eigenvalue weighted by Crippen LogP contribution is -2.50. The lowest BCUT2D eigenvalue weighted by atomic mass is 10.1. The molecule has 19 heavy (non-hydrogen) atoms. The van der Waals surface area contributed by atoms with Crippen LogP contribution in [0.25, 0.3) is 0 Å². The molecular formula is C13H18BrN3O2. The number of nitrogens with zero attached hydrogens (tertiary/aromatic N) is 1. The topological polar surface area (TPSA) is 71.1 Å². The van der Waals surface area contributed by atoms with Crippen LogP contribution in [0.3, 0.4) is 0 Å². The standard InChI is InChI=1S/C13H18BrN3O2/c1-8(11(18)17-13(2,3)4)15-12(19)9-6-5-7-10(14)16-9/h5-8H,1-4H3,(H,15,19)(H,17,18). The summed E-state index contributed by atoms with van der Waals surface area (Å²) in [5, 5.41) is 5.42. The number of nitrogens with one attached hydrogen (secondary N) is 2. The van der Waals surface area contributed by atoms with E-state index in [9.17, 15) is 9.59 Å². The number of carbonyl (C=O) groups is 2. The molecule has 0 bridgehead atoms. The predicted molar refractivity (Wildman–Crippen MR) is 76.8 cm³/mol. The molecule has 1 unspecified atom stereocenters. The van der Waals surface area contributed by atoms with Crippen molar-refractivity contribution in [3.63, 3.8) is 0 Å². The summed E-state index contributed by atoms with van der Waals surface area (Å²) in [6.07, 6.45) is 0. The maximum Gasteiger partial charge on any atom is 0.270 e. The molecule has 6 heteroatoms. The van der Waals surface area contributed by atoms with Crippen molar-refractivity contribution >= 4 is 27.7 Å². The number of pyridine rings is 1. The molecule has 0 radical (unpaired) electrons. The zero-order chi connectivity index (χ0) is 14.6. The first kappa shape index (κ1) is 15.6. The van der Waals surface area contributed by atoms with Gasteiger partial charge in [-0.05, 0) is 55.8 Å². The largest absolute Gasteiger partial charge is 0.350 e. The van der Waals surface area contributed by atoms with Gasteiger partial charge >= 0.3 is 0 Å². The van der Waals surface area contributed by atoms with Gasteiger partial charge in [0.05, 0.1) is 0 Å². The van der Waals surface area contributed by atoms with Crippen LogP contribution in [0.2, 0.25) is 0 Å². The summed E-state index contributed by atoms with van der Waals surface area (Å²) < 4.78 is 0.576. The van der Waals surface area contributed by atoms with Crippen LogP contribution in [-0.4, -0.2) is 28.4 Å². The van der Waals surface area contributed by atoms with Gasteiger partial charge in [0.1, 0.15) is 16.3 Å². The summed E-state index contributed by atoms with van der Waals surface area (Å²) in [7, 11) is 0. The molecule has 0 aromatic carbocycles. The summed E-state index contributed by atoms with van der Waals surface area (Å²) in [5.41, 5.74) is -0.0610. The number of hydrogen-bond donors (Lipinski definition) is 2. The molecule has 0 aliphatic carbocycles. The third-order valence-electron chi connectivity index (χ3n) is 2.19. The van der Waals surface area contributed by atoms with Crippen LogP contribution in [0.4, 0.5) is 0 Å². The Balaban J connectivity index is 2.64. The molecule has 1 aromatic rings. The number of aromatic nitrogens is 1. The van der Waals surface area contributed by atoms with Crippen LogP contribution in [0.15, 0.2) is 22.8 Å². The van der Waals surface area contributed by atoms with Crippen molar-refractivity contribution in [2.45, 2.75) is 39.3 Å². The van der Waals surface area contributed by atoms with Crippen molar-refractivity contribution in [1.82, 2.24) is 15.6 Å². The third kappa shape index (κ3) is 5.38. The second kappa shape index (κ2) is 6.14. The van der Waals surface area contributed by atoms with Crippen LogP contribution in [-0.2, 0) is 4.79 Å². The smallest absolute Gasteiger partial charge is 0.270 e. The highest BCUT2D eigenvalue weighted by Gasteiger charge is 2.21. The normalized spacial score (nSPS) is 12.7. The van der Waals surface area contributed by atoms with Gasteiger partial charge in [-0.1, -0.05) is 6.07 Å². The molecule has 1 heterocycles. The van der Waals surface area contributed by atoms with E-state index in [1.807, 2.05) is 20.8 Å². The fourth-order valence-electron chi connectivity index (χ4n) is 1.35. The highest BCUT2D eigenvalue weighted by atomic mass is 79.9. The second-order valence-electron chi connectivity index (χ2n) is 5.28. The Labute approximate surface area is 121 Å².